The molecule has 2 nitrogen and oxygen atoms in total. The highest BCUT2D eigenvalue weighted by atomic mass is 35.5. The van der Waals surface area contributed by atoms with Gasteiger partial charge in [-0.1, -0.05) is 35.3 Å². The lowest BCUT2D eigenvalue weighted by molar-refractivity contribution is 0.0941. The first-order chi connectivity index (χ1) is 8.59. The van der Waals surface area contributed by atoms with Crippen LogP contribution in [0.3, 0.4) is 0 Å². The van der Waals surface area contributed by atoms with Crippen molar-refractivity contribution in [2.45, 2.75) is 13.0 Å². The van der Waals surface area contributed by atoms with E-state index in [0.717, 1.165) is 4.88 Å². The Morgan fingerprint density at radius 2 is 1.89 bits per heavy atom. The summed E-state index contributed by atoms with van der Waals surface area (Å²) in [5.41, 5.74) is 0.323. The zero-order valence-corrected chi connectivity index (χ0v) is 11.9. The molecule has 0 aliphatic carbocycles. The van der Waals surface area contributed by atoms with Gasteiger partial charge in [-0.25, -0.2) is 0 Å². The zero-order chi connectivity index (χ0) is 13.1. The fourth-order valence-electron chi connectivity index (χ4n) is 1.59. The predicted octanol–water partition coefficient (Wildman–Crippen LogP) is 4.55. The van der Waals surface area contributed by atoms with Crippen molar-refractivity contribution >= 4 is 40.4 Å². The first-order valence-corrected chi connectivity index (χ1v) is 7.01. The van der Waals surface area contributed by atoms with Gasteiger partial charge in [0.1, 0.15) is 0 Å². The highest BCUT2D eigenvalue weighted by Gasteiger charge is 2.17. The average molecular weight is 300 g/mol. The third kappa shape index (κ3) is 2.86. The van der Waals surface area contributed by atoms with E-state index in [1.54, 1.807) is 29.5 Å². The van der Waals surface area contributed by atoms with Crippen molar-refractivity contribution in [3.63, 3.8) is 0 Å². The molecule has 18 heavy (non-hydrogen) atoms. The third-order valence-electron chi connectivity index (χ3n) is 2.51. The topological polar surface area (TPSA) is 29.1 Å². The Morgan fingerprint density at radius 3 is 2.44 bits per heavy atom. The molecule has 1 aromatic heterocycles. The molecule has 1 N–H and O–H groups in total. The third-order valence-corrected chi connectivity index (χ3v) is 4.19. The second-order valence-corrected chi connectivity index (χ2v) is 5.60. The number of nitrogens with one attached hydrogen (secondary N) is 1. The fourth-order valence-corrected chi connectivity index (χ4v) is 2.90. The lowest BCUT2D eigenvalue weighted by Crippen LogP contribution is -2.26. The lowest BCUT2D eigenvalue weighted by Gasteiger charge is -2.13. The molecular weight excluding hydrogens is 289 g/mol. The molecule has 0 bridgehead atoms. The van der Waals surface area contributed by atoms with Gasteiger partial charge in [0.15, 0.2) is 0 Å². The molecule has 2 aromatic rings. The van der Waals surface area contributed by atoms with E-state index < -0.39 is 0 Å². The van der Waals surface area contributed by atoms with E-state index in [-0.39, 0.29) is 11.9 Å². The Labute approximate surface area is 120 Å². The van der Waals surface area contributed by atoms with Gasteiger partial charge in [0.05, 0.1) is 21.7 Å². The lowest BCUT2D eigenvalue weighted by atomic mass is 10.2. The standard InChI is InChI=1S/C13H11Cl2NOS/c1-8(11-6-3-7-18-11)16-13(17)12-9(14)4-2-5-10(12)15/h2-8H,1H3,(H,16,17). The summed E-state index contributed by atoms with van der Waals surface area (Å²) in [6.07, 6.45) is 0. The summed E-state index contributed by atoms with van der Waals surface area (Å²) >= 11 is 13.6. The number of amides is 1. The summed E-state index contributed by atoms with van der Waals surface area (Å²) in [5, 5.41) is 5.57. The molecule has 1 atom stereocenters. The molecule has 1 unspecified atom stereocenters. The molecule has 1 heterocycles. The minimum atomic E-state index is -0.258. The number of rotatable bonds is 3. The molecule has 0 aliphatic heterocycles. The molecule has 0 saturated carbocycles. The molecule has 0 radical (unpaired) electrons. The van der Waals surface area contributed by atoms with Crippen molar-refractivity contribution in [3.05, 3.63) is 56.2 Å². The average Bonchev–Trinajstić information content (AvgIpc) is 2.81. The van der Waals surface area contributed by atoms with Crippen molar-refractivity contribution in [1.82, 2.24) is 5.32 Å². The summed E-state index contributed by atoms with van der Waals surface area (Å²) in [4.78, 5) is 13.2. The van der Waals surface area contributed by atoms with Crippen LogP contribution in [0.4, 0.5) is 0 Å². The first-order valence-electron chi connectivity index (χ1n) is 5.38. The molecule has 0 aliphatic rings. The minimum absolute atomic E-state index is 0.0650. The molecule has 2 rings (SSSR count). The number of carbonyl (C=O) groups is 1. The predicted molar refractivity (Wildman–Crippen MR) is 76.7 cm³/mol. The Bertz CT molecular complexity index is 534. The highest BCUT2D eigenvalue weighted by molar-refractivity contribution is 7.10. The highest BCUT2D eigenvalue weighted by Crippen LogP contribution is 2.25. The summed E-state index contributed by atoms with van der Waals surface area (Å²) < 4.78 is 0. The van der Waals surface area contributed by atoms with Crippen LogP contribution in [0.2, 0.25) is 10.0 Å². The van der Waals surface area contributed by atoms with Gasteiger partial charge >= 0.3 is 0 Å². The van der Waals surface area contributed by atoms with E-state index in [4.69, 9.17) is 23.2 Å². The van der Waals surface area contributed by atoms with E-state index in [2.05, 4.69) is 5.32 Å². The molecule has 0 saturated heterocycles. The molecule has 5 heteroatoms. The van der Waals surface area contributed by atoms with E-state index >= 15 is 0 Å². The van der Waals surface area contributed by atoms with Gasteiger partial charge in [0.25, 0.3) is 5.91 Å². The summed E-state index contributed by atoms with van der Waals surface area (Å²) in [6, 6.07) is 8.87. The minimum Gasteiger partial charge on any atom is -0.345 e. The van der Waals surface area contributed by atoms with Gasteiger partial charge in [-0.15, -0.1) is 11.3 Å². The Balaban J connectivity index is 2.18. The summed E-state index contributed by atoms with van der Waals surface area (Å²) in [7, 11) is 0. The molecule has 1 amide bonds. The van der Waals surface area contributed by atoms with Crippen LogP contribution in [0, 0.1) is 0 Å². The van der Waals surface area contributed by atoms with E-state index in [9.17, 15) is 4.79 Å². The first kappa shape index (κ1) is 13.4. The van der Waals surface area contributed by atoms with Crippen LogP contribution < -0.4 is 5.32 Å². The van der Waals surface area contributed by atoms with Crippen molar-refractivity contribution in [1.29, 1.82) is 0 Å². The van der Waals surface area contributed by atoms with E-state index in [1.165, 1.54) is 0 Å². The monoisotopic (exact) mass is 299 g/mol. The second kappa shape index (κ2) is 5.74. The van der Waals surface area contributed by atoms with Crippen molar-refractivity contribution in [3.8, 4) is 0 Å². The Kier molecular flexibility index (Phi) is 4.27. The molecular formula is C13H11Cl2NOS. The van der Waals surface area contributed by atoms with E-state index in [0.29, 0.717) is 15.6 Å². The van der Waals surface area contributed by atoms with Crippen LogP contribution in [0.15, 0.2) is 35.7 Å². The van der Waals surface area contributed by atoms with Crippen LogP contribution in [0.1, 0.15) is 28.2 Å². The fraction of sp³-hybridized carbons (Fsp3) is 0.154. The van der Waals surface area contributed by atoms with Crippen LogP contribution >= 0.6 is 34.5 Å². The van der Waals surface area contributed by atoms with Gasteiger partial charge < -0.3 is 5.32 Å². The number of hydrogen-bond acceptors (Lipinski definition) is 2. The van der Waals surface area contributed by atoms with Crippen LogP contribution in [-0.4, -0.2) is 5.91 Å². The van der Waals surface area contributed by atoms with Gasteiger partial charge in [-0.05, 0) is 30.5 Å². The maximum absolute atomic E-state index is 12.1. The normalized spacial score (nSPS) is 12.2. The Hall–Kier alpha value is -1.03. The van der Waals surface area contributed by atoms with Crippen molar-refractivity contribution in [2.75, 3.05) is 0 Å². The van der Waals surface area contributed by atoms with Crippen LogP contribution in [0.25, 0.3) is 0 Å². The van der Waals surface area contributed by atoms with Gasteiger partial charge in [0, 0.05) is 4.88 Å². The molecule has 1 aromatic carbocycles. The molecule has 0 spiro atoms. The number of hydrogen-bond donors (Lipinski definition) is 1. The number of thiophene rings is 1. The number of benzene rings is 1. The largest absolute Gasteiger partial charge is 0.345 e. The van der Waals surface area contributed by atoms with Gasteiger partial charge in [0.2, 0.25) is 0 Å². The number of halogens is 2. The number of carbonyl (C=O) groups excluding carboxylic acids is 1. The molecule has 0 fully saturated rings. The van der Waals surface area contributed by atoms with Crippen LogP contribution in [-0.2, 0) is 0 Å². The quantitative estimate of drug-likeness (QED) is 0.885. The second-order valence-electron chi connectivity index (χ2n) is 3.81. The smallest absolute Gasteiger partial charge is 0.254 e. The zero-order valence-electron chi connectivity index (χ0n) is 9.61. The Morgan fingerprint density at radius 1 is 1.22 bits per heavy atom. The maximum Gasteiger partial charge on any atom is 0.254 e. The molecule has 94 valence electrons. The van der Waals surface area contributed by atoms with E-state index in [1.807, 2.05) is 24.4 Å². The van der Waals surface area contributed by atoms with Crippen molar-refractivity contribution in [2.24, 2.45) is 0 Å². The summed E-state index contributed by atoms with van der Waals surface area (Å²) in [6.45, 7) is 1.93. The van der Waals surface area contributed by atoms with Gasteiger partial charge in [-0.2, -0.15) is 0 Å². The summed E-state index contributed by atoms with van der Waals surface area (Å²) in [5.74, 6) is -0.258. The maximum atomic E-state index is 12.1. The van der Waals surface area contributed by atoms with Crippen molar-refractivity contribution < 1.29 is 4.79 Å². The van der Waals surface area contributed by atoms with Crippen LogP contribution in [0.5, 0.6) is 0 Å². The SMILES string of the molecule is CC(NC(=O)c1c(Cl)cccc1Cl)c1cccs1. The van der Waals surface area contributed by atoms with Gasteiger partial charge in [-0.3, -0.25) is 4.79 Å².